The summed E-state index contributed by atoms with van der Waals surface area (Å²) in [5, 5.41) is 11.2. The number of rotatable bonds is 4. The Morgan fingerprint density at radius 1 is 1.27 bits per heavy atom. The topological polar surface area (TPSA) is 141 Å². The summed E-state index contributed by atoms with van der Waals surface area (Å²) in [7, 11) is 0. The van der Waals surface area contributed by atoms with Crippen LogP contribution in [-0.2, 0) is 0 Å². The van der Waals surface area contributed by atoms with E-state index in [0.717, 1.165) is 16.7 Å². The highest BCUT2D eigenvalue weighted by atomic mass is 35.5. The van der Waals surface area contributed by atoms with Gasteiger partial charge in [0.25, 0.3) is 17.4 Å². The molecule has 2 heterocycles. The van der Waals surface area contributed by atoms with Crippen LogP contribution in [0.2, 0.25) is 5.02 Å². The molecule has 2 aromatic rings. The molecule has 0 bridgehead atoms. The van der Waals surface area contributed by atoms with Gasteiger partial charge in [0.2, 0.25) is 0 Å². The highest BCUT2D eigenvalue weighted by Crippen LogP contribution is 2.32. The van der Waals surface area contributed by atoms with E-state index in [0.29, 0.717) is 0 Å². The van der Waals surface area contributed by atoms with Crippen LogP contribution in [0.4, 0.5) is 5.82 Å². The minimum atomic E-state index is -1.26. The van der Waals surface area contributed by atoms with Crippen LogP contribution in [-0.4, -0.2) is 34.1 Å². The Hall–Kier alpha value is -3.33. The number of hydrogen-bond acceptors (Lipinski definition) is 6. The van der Waals surface area contributed by atoms with Crippen molar-refractivity contribution >= 4 is 35.2 Å². The summed E-state index contributed by atoms with van der Waals surface area (Å²) in [4.78, 5) is 47.4. The van der Waals surface area contributed by atoms with Crippen LogP contribution >= 0.6 is 11.6 Å². The lowest BCUT2D eigenvalue weighted by molar-refractivity contribution is 0.0691. The van der Waals surface area contributed by atoms with Crippen molar-refractivity contribution < 1.29 is 24.2 Å². The van der Waals surface area contributed by atoms with Crippen molar-refractivity contribution in [2.45, 2.75) is 6.92 Å². The van der Waals surface area contributed by atoms with E-state index in [2.05, 4.69) is 5.32 Å². The van der Waals surface area contributed by atoms with E-state index in [-0.39, 0.29) is 45.6 Å². The number of aromatic carboxylic acids is 1. The van der Waals surface area contributed by atoms with Gasteiger partial charge in [-0.25, -0.2) is 4.79 Å². The molecule has 2 amide bonds. The molecule has 10 heteroatoms. The fourth-order valence-electron chi connectivity index (χ4n) is 2.68. The average Bonchev–Trinajstić information content (AvgIpc) is 2.84. The lowest BCUT2D eigenvalue weighted by atomic mass is 10.1. The van der Waals surface area contributed by atoms with Crippen molar-refractivity contribution in [1.82, 2.24) is 9.88 Å². The molecule has 0 atom stereocenters. The lowest BCUT2D eigenvalue weighted by Gasteiger charge is -2.16. The van der Waals surface area contributed by atoms with Gasteiger partial charge in [-0.2, -0.15) is 0 Å². The quantitative estimate of drug-likeness (QED) is 0.676. The summed E-state index contributed by atoms with van der Waals surface area (Å²) in [6.07, 6.45) is 0. The SMILES string of the molecule is CCOc1cc(-n2c(N)c3c(cc2=O)C(=O)NC3=O)c(Cl)cc1C(=O)O. The number of carboxylic acids is 1. The first-order valence-corrected chi connectivity index (χ1v) is 7.75. The van der Waals surface area contributed by atoms with E-state index >= 15 is 0 Å². The second-order valence-corrected chi connectivity index (χ2v) is 5.72. The maximum absolute atomic E-state index is 12.5. The molecule has 1 aliphatic rings. The zero-order valence-electron chi connectivity index (χ0n) is 13.3. The minimum Gasteiger partial charge on any atom is -0.493 e. The van der Waals surface area contributed by atoms with Gasteiger partial charge in [-0.15, -0.1) is 0 Å². The molecule has 0 unspecified atom stereocenters. The van der Waals surface area contributed by atoms with Gasteiger partial charge >= 0.3 is 5.97 Å². The largest absolute Gasteiger partial charge is 0.493 e. The molecule has 0 fully saturated rings. The number of amides is 2. The van der Waals surface area contributed by atoms with Crippen LogP contribution in [0.1, 0.15) is 38.0 Å². The number of fused-ring (bicyclic) bond motifs is 1. The number of anilines is 1. The summed E-state index contributed by atoms with van der Waals surface area (Å²) in [6, 6.07) is 3.33. The van der Waals surface area contributed by atoms with Crippen molar-refractivity contribution in [1.29, 1.82) is 0 Å². The van der Waals surface area contributed by atoms with Crippen LogP contribution in [0, 0.1) is 0 Å². The molecule has 1 aliphatic heterocycles. The summed E-state index contributed by atoms with van der Waals surface area (Å²) in [6.45, 7) is 1.83. The monoisotopic (exact) mass is 377 g/mol. The number of nitrogen functional groups attached to an aromatic ring is 1. The van der Waals surface area contributed by atoms with Gasteiger partial charge in [0.05, 0.1) is 28.4 Å². The molecule has 0 spiro atoms. The van der Waals surface area contributed by atoms with E-state index in [1.807, 2.05) is 0 Å². The molecular formula is C16H12ClN3O6. The van der Waals surface area contributed by atoms with Crippen molar-refractivity contribution in [2.75, 3.05) is 12.3 Å². The number of nitrogens with two attached hydrogens (primary N) is 1. The molecule has 1 aromatic carbocycles. The van der Waals surface area contributed by atoms with Crippen LogP contribution in [0.15, 0.2) is 23.0 Å². The summed E-state index contributed by atoms with van der Waals surface area (Å²) in [5.74, 6) is -3.03. The maximum Gasteiger partial charge on any atom is 0.339 e. The van der Waals surface area contributed by atoms with Crippen molar-refractivity contribution in [2.24, 2.45) is 0 Å². The molecule has 4 N–H and O–H groups in total. The highest BCUT2D eigenvalue weighted by Gasteiger charge is 2.32. The van der Waals surface area contributed by atoms with Gasteiger partial charge < -0.3 is 15.6 Å². The lowest BCUT2D eigenvalue weighted by Crippen LogP contribution is -2.24. The Morgan fingerprint density at radius 3 is 2.58 bits per heavy atom. The molecule has 9 nitrogen and oxygen atoms in total. The van der Waals surface area contributed by atoms with Crippen LogP contribution in [0.25, 0.3) is 5.69 Å². The van der Waals surface area contributed by atoms with E-state index in [1.54, 1.807) is 6.92 Å². The van der Waals surface area contributed by atoms with E-state index in [4.69, 9.17) is 22.1 Å². The van der Waals surface area contributed by atoms with Gasteiger partial charge in [-0.05, 0) is 13.0 Å². The number of aromatic nitrogens is 1. The number of carbonyl (C=O) groups is 3. The predicted molar refractivity (Wildman–Crippen MR) is 91.4 cm³/mol. The number of ether oxygens (including phenoxy) is 1. The van der Waals surface area contributed by atoms with Crippen LogP contribution < -0.4 is 21.3 Å². The van der Waals surface area contributed by atoms with Crippen LogP contribution in [0.3, 0.4) is 0 Å². The Kier molecular flexibility index (Phi) is 4.17. The Labute approximate surface area is 150 Å². The Morgan fingerprint density at radius 2 is 1.96 bits per heavy atom. The van der Waals surface area contributed by atoms with Gasteiger partial charge in [0.1, 0.15) is 17.1 Å². The third-order valence-corrected chi connectivity index (χ3v) is 4.08. The molecule has 0 aliphatic carbocycles. The summed E-state index contributed by atoms with van der Waals surface area (Å²) < 4.78 is 6.22. The molecule has 1 aromatic heterocycles. The first-order valence-electron chi connectivity index (χ1n) is 7.37. The average molecular weight is 378 g/mol. The normalized spacial score (nSPS) is 12.7. The maximum atomic E-state index is 12.5. The number of halogens is 1. The third kappa shape index (κ3) is 2.58. The molecule has 0 saturated carbocycles. The smallest absolute Gasteiger partial charge is 0.339 e. The molecule has 134 valence electrons. The second kappa shape index (κ2) is 6.19. The number of nitrogens with one attached hydrogen (secondary N) is 1. The predicted octanol–water partition coefficient (Wildman–Crippen LogP) is 1.05. The van der Waals surface area contributed by atoms with Crippen LogP contribution in [0.5, 0.6) is 5.75 Å². The zero-order chi connectivity index (χ0) is 19.2. The van der Waals surface area contributed by atoms with E-state index < -0.39 is 23.3 Å². The highest BCUT2D eigenvalue weighted by molar-refractivity contribution is 6.33. The number of imide groups is 1. The number of pyridine rings is 1. The fraction of sp³-hybridized carbons (Fsp3) is 0.125. The molecule has 3 rings (SSSR count). The van der Waals surface area contributed by atoms with Gasteiger partial charge in [0.15, 0.2) is 0 Å². The van der Waals surface area contributed by atoms with Crippen molar-refractivity contribution in [3.63, 3.8) is 0 Å². The molecule has 26 heavy (non-hydrogen) atoms. The van der Waals surface area contributed by atoms with Crippen molar-refractivity contribution in [3.8, 4) is 11.4 Å². The van der Waals surface area contributed by atoms with Gasteiger partial charge in [-0.3, -0.25) is 24.3 Å². The molecule has 0 saturated heterocycles. The number of nitrogens with zero attached hydrogens (tertiary/aromatic N) is 1. The van der Waals surface area contributed by atoms with E-state index in [9.17, 15) is 24.3 Å². The fourth-order valence-corrected chi connectivity index (χ4v) is 2.93. The Bertz CT molecular complexity index is 1040. The second-order valence-electron chi connectivity index (χ2n) is 5.31. The number of benzene rings is 1. The first kappa shape index (κ1) is 17.5. The van der Waals surface area contributed by atoms with Gasteiger partial charge in [0, 0.05) is 12.1 Å². The van der Waals surface area contributed by atoms with Gasteiger partial charge in [-0.1, -0.05) is 11.6 Å². The molecule has 0 radical (unpaired) electrons. The number of carboxylic acid groups (broad SMARTS) is 1. The number of hydrogen-bond donors (Lipinski definition) is 3. The summed E-state index contributed by atoms with van der Waals surface area (Å²) in [5.41, 5.74) is 4.79. The number of carbonyl (C=O) groups excluding carboxylic acids is 2. The summed E-state index contributed by atoms with van der Waals surface area (Å²) >= 11 is 6.14. The zero-order valence-corrected chi connectivity index (χ0v) is 14.1. The first-order chi connectivity index (χ1) is 12.3. The Balaban J connectivity index is 2.32. The standard InChI is InChI=1S/C16H12ClN3O6/c1-2-26-10-5-9(8(17)3-6(10)16(24)25)20-11(21)4-7-12(13(20)18)15(23)19-14(7)22/h3-5H,2,18H2,1H3,(H,24,25)(H,19,22,23). The molecular weight excluding hydrogens is 366 g/mol. The van der Waals surface area contributed by atoms with E-state index in [1.165, 1.54) is 6.07 Å². The van der Waals surface area contributed by atoms with Crippen molar-refractivity contribution in [3.05, 3.63) is 50.3 Å². The third-order valence-electron chi connectivity index (χ3n) is 3.77. The minimum absolute atomic E-state index is 0.0215.